The molecule has 1 saturated heterocycles. The van der Waals surface area contributed by atoms with Gasteiger partial charge in [-0.05, 0) is 18.9 Å². The average molecular weight is 279 g/mol. The van der Waals surface area contributed by atoms with Crippen LogP contribution in [-0.2, 0) is 0 Å². The molecule has 2 unspecified atom stereocenters. The lowest BCUT2D eigenvalue weighted by molar-refractivity contribution is 0.346. The van der Waals surface area contributed by atoms with Gasteiger partial charge >= 0.3 is 0 Å². The second kappa shape index (κ2) is 4.22. The van der Waals surface area contributed by atoms with E-state index in [1.165, 1.54) is 10.2 Å². The van der Waals surface area contributed by atoms with Gasteiger partial charge in [0.25, 0.3) is 0 Å². The van der Waals surface area contributed by atoms with Crippen LogP contribution in [0.4, 0.5) is 0 Å². The molecule has 0 radical (unpaired) electrons. The van der Waals surface area contributed by atoms with Gasteiger partial charge in [-0.1, -0.05) is 46.3 Å². The SMILES string of the molecule is BrC1=CCCC(N2CNC3C=CC=CC32)=C1. The van der Waals surface area contributed by atoms with E-state index in [0.717, 1.165) is 19.5 Å². The van der Waals surface area contributed by atoms with Gasteiger partial charge in [-0.25, -0.2) is 0 Å². The van der Waals surface area contributed by atoms with E-state index in [2.05, 4.69) is 62.6 Å². The molecule has 16 heavy (non-hydrogen) atoms. The van der Waals surface area contributed by atoms with Crippen LogP contribution in [0.1, 0.15) is 12.8 Å². The summed E-state index contributed by atoms with van der Waals surface area (Å²) in [6.07, 6.45) is 15.6. The van der Waals surface area contributed by atoms with Crippen LogP contribution >= 0.6 is 15.9 Å². The molecular formula is C13H15BrN2. The molecule has 3 rings (SSSR count). The van der Waals surface area contributed by atoms with E-state index in [4.69, 9.17) is 0 Å². The third-order valence-electron chi connectivity index (χ3n) is 3.38. The van der Waals surface area contributed by atoms with Crippen molar-refractivity contribution in [1.82, 2.24) is 10.2 Å². The van der Waals surface area contributed by atoms with E-state index in [1.807, 2.05) is 0 Å². The molecule has 3 heteroatoms. The zero-order valence-electron chi connectivity index (χ0n) is 9.07. The molecule has 0 amide bonds. The predicted octanol–water partition coefficient (Wildman–Crippen LogP) is 2.67. The Balaban J connectivity index is 1.84. The van der Waals surface area contributed by atoms with Gasteiger partial charge in [-0.2, -0.15) is 0 Å². The Kier molecular flexibility index (Phi) is 2.74. The second-order valence-electron chi connectivity index (χ2n) is 4.38. The lowest BCUT2D eigenvalue weighted by Gasteiger charge is -2.30. The van der Waals surface area contributed by atoms with Gasteiger partial charge in [-0.15, -0.1) is 0 Å². The molecule has 0 aromatic carbocycles. The quantitative estimate of drug-likeness (QED) is 0.794. The molecular weight excluding hydrogens is 264 g/mol. The molecule has 2 aliphatic carbocycles. The van der Waals surface area contributed by atoms with Crippen molar-refractivity contribution in [2.45, 2.75) is 24.9 Å². The summed E-state index contributed by atoms with van der Waals surface area (Å²) in [4.78, 5) is 2.47. The van der Waals surface area contributed by atoms with Crippen LogP contribution in [0.5, 0.6) is 0 Å². The van der Waals surface area contributed by atoms with E-state index in [9.17, 15) is 0 Å². The standard InChI is InChI=1S/C13H15BrN2/c14-10-4-3-5-11(8-10)16-9-15-12-6-1-2-7-13(12)16/h1-2,4,6-8,12-13,15H,3,5,9H2. The van der Waals surface area contributed by atoms with Crippen molar-refractivity contribution in [3.63, 3.8) is 0 Å². The summed E-state index contributed by atoms with van der Waals surface area (Å²) in [5.41, 5.74) is 1.44. The number of nitrogens with one attached hydrogen (secondary N) is 1. The van der Waals surface area contributed by atoms with Crippen LogP contribution in [0, 0.1) is 0 Å². The summed E-state index contributed by atoms with van der Waals surface area (Å²) in [5.74, 6) is 0. The van der Waals surface area contributed by atoms with E-state index < -0.39 is 0 Å². The number of hydrogen-bond acceptors (Lipinski definition) is 2. The van der Waals surface area contributed by atoms with Gasteiger partial charge in [0.15, 0.2) is 0 Å². The fraction of sp³-hybridized carbons (Fsp3) is 0.385. The molecule has 2 nitrogen and oxygen atoms in total. The predicted molar refractivity (Wildman–Crippen MR) is 70.0 cm³/mol. The smallest absolute Gasteiger partial charge is 0.0691 e. The fourth-order valence-electron chi connectivity index (χ4n) is 2.56. The van der Waals surface area contributed by atoms with E-state index >= 15 is 0 Å². The van der Waals surface area contributed by atoms with Crippen molar-refractivity contribution < 1.29 is 0 Å². The summed E-state index contributed by atoms with van der Waals surface area (Å²) in [6.45, 7) is 0.954. The van der Waals surface area contributed by atoms with E-state index in [-0.39, 0.29) is 0 Å². The Morgan fingerprint density at radius 3 is 3.06 bits per heavy atom. The minimum Gasteiger partial charge on any atom is -0.354 e. The average Bonchev–Trinajstić information content (AvgIpc) is 2.72. The third-order valence-corrected chi connectivity index (χ3v) is 3.93. The van der Waals surface area contributed by atoms with Crippen molar-refractivity contribution in [3.05, 3.63) is 46.6 Å². The highest BCUT2D eigenvalue weighted by Crippen LogP contribution is 2.29. The molecule has 0 bridgehead atoms. The number of allylic oxidation sites excluding steroid dienone is 6. The fourth-order valence-corrected chi connectivity index (χ4v) is 3.05. The van der Waals surface area contributed by atoms with Crippen LogP contribution in [0.2, 0.25) is 0 Å². The summed E-state index contributed by atoms with van der Waals surface area (Å²) in [5, 5.41) is 3.53. The zero-order chi connectivity index (χ0) is 11.0. The van der Waals surface area contributed by atoms with Crippen LogP contribution < -0.4 is 5.32 Å². The van der Waals surface area contributed by atoms with Crippen LogP contribution in [-0.4, -0.2) is 23.7 Å². The molecule has 1 N–H and O–H groups in total. The summed E-state index contributed by atoms with van der Waals surface area (Å²) >= 11 is 3.57. The molecule has 3 aliphatic rings. The highest BCUT2D eigenvalue weighted by Gasteiger charge is 2.32. The highest BCUT2D eigenvalue weighted by molar-refractivity contribution is 9.11. The topological polar surface area (TPSA) is 15.3 Å². The normalized spacial score (nSPS) is 32.4. The first kappa shape index (κ1) is 10.4. The van der Waals surface area contributed by atoms with Gasteiger partial charge in [0.05, 0.1) is 18.8 Å². The number of hydrogen-bond donors (Lipinski definition) is 1. The van der Waals surface area contributed by atoms with Gasteiger partial charge in [-0.3, -0.25) is 5.32 Å². The van der Waals surface area contributed by atoms with E-state index in [1.54, 1.807) is 0 Å². The number of rotatable bonds is 1. The maximum absolute atomic E-state index is 3.57. The minimum absolute atomic E-state index is 0.482. The first-order chi connectivity index (χ1) is 7.84. The first-order valence-electron chi connectivity index (χ1n) is 5.76. The minimum atomic E-state index is 0.482. The lowest BCUT2D eigenvalue weighted by Crippen LogP contribution is -2.34. The van der Waals surface area contributed by atoms with Gasteiger partial charge in [0, 0.05) is 10.2 Å². The highest BCUT2D eigenvalue weighted by atomic mass is 79.9. The molecule has 1 fully saturated rings. The number of nitrogens with zero attached hydrogens (tertiary/aromatic N) is 1. The lowest BCUT2D eigenvalue weighted by atomic mass is 10.0. The molecule has 0 aromatic rings. The second-order valence-corrected chi connectivity index (χ2v) is 5.30. The largest absolute Gasteiger partial charge is 0.354 e. The monoisotopic (exact) mass is 278 g/mol. The molecule has 1 aliphatic heterocycles. The Bertz CT molecular complexity index is 406. The molecule has 84 valence electrons. The number of halogens is 1. The summed E-state index contributed by atoms with van der Waals surface area (Å²) in [6, 6.07) is 0.977. The molecule has 0 saturated carbocycles. The molecule has 0 aromatic heterocycles. The van der Waals surface area contributed by atoms with Crippen molar-refractivity contribution in [2.75, 3.05) is 6.67 Å². The zero-order valence-corrected chi connectivity index (χ0v) is 10.7. The Morgan fingerprint density at radius 1 is 1.31 bits per heavy atom. The Morgan fingerprint density at radius 2 is 2.19 bits per heavy atom. The van der Waals surface area contributed by atoms with Crippen LogP contribution in [0.3, 0.4) is 0 Å². The molecule has 1 heterocycles. The maximum Gasteiger partial charge on any atom is 0.0691 e. The van der Waals surface area contributed by atoms with Crippen LogP contribution in [0.25, 0.3) is 0 Å². The van der Waals surface area contributed by atoms with Crippen molar-refractivity contribution >= 4 is 15.9 Å². The Hall–Kier alpha value is -0.800. The van der Waals surface area contributed by atoms with Gasteiger partial charge in [0.2, 0.25) is 0 Å². The van der Waals surface area contributed by atoms with E-state index in [0.29, 0.717) is 12.1 Å². The maximum atomic E-state index is 3.57. The van der Waals surface area contributed by atoms with Crippen molar-refractivity contribution in [2.24, 2.45) is 0 Å². The van der Waals surface area contributed by atoms with Gasteiger partial charge < -0.3 is 4.90 Å². The summed E-state index contributed by atoms with van der Waals surface area (Å²) < 4.78 is 1.22. The first-order valence-corrected chi connectivity index (χ1v) is 6.55. The van der Waals surface area contributed by atoms with Crippen LogP contribution in [0.15, 0.2) is 46.6 Å². The molecule has 2 atom stereocenters. The third kappa shape index (κ3) is 1.78. The van der Waals surface area contributed by atoms with Crippen molar-refractivity contribution in [1.29, 1.82) is 0 Å². The summed E-state index contributed by atoms with van der Waals surface area (Å²) in [7, 11) is 0. The Labute approximate surface area is 105 Å². The molecule has 0 spiro atoms. The van der Waals surface area contributed by atoms with Gasteiger partial charge in [0.1, 0.15) is 0 Å². The van der Waals surface area contributed by atoms with Crippen molar-refractivity contribution in [3.8, 4) is 0 Å². The number of fused-ring (bicyclic) bond motifs is 1.